The predicted molar refractivity (Wildman–Crippen MR) is 40.6 cm³/mol. The first-order valence-corrected chi connectivity index (χ1v) is 3.84. The molecule has 0 bridgehead atoms. The third kappa shape index (κ3) is 5.84. The topological polar surface area (TPSA) is 9.23 Å². The Kier molecular flexibility index (Phi) is 6.06. The maximum absolute atomic E-state index is 5.10. The van der Waals surface area contributed by atoms with E-state index in [0.29, 0.717) is 6.10 Å². The average molecular weight is 130 g/mol. The Bertz CT molecular complexity index is 52.5. The van der Waals surface area contributed by atoms with E-state index in [1.165, 1.54) is 25.7 Å². The van der Waals surface area contributed by atoms with Crippen LogP contribution in [0.4, 0.5) is 0 Å². The van der Waals surface area contributed by atoms with Gasteiger partial charge in [0.15, 0.2) is 0 Å². The molecule has 0 aromatic carbocycles. The zero-order chi connectivity index (χ0) is 7.11. The average Bonchev–Trinajstić information content (AvgIpc) is 1.89. The Morgan fingerprint density at radius 1 is 1.33 bits per heavy atom. The highest BCUT2D eigenvalue weighted by Gasteiger charge is 1.96. The molecule has 1 nitrogen and oxygen atoms in total. The molecule has 1 atom stereocenters. The zero-order valence-electron chi connectivity index (χ0n) is 6.81. The van der Waals surface area contributed by atoms with Crippen LogP contribution in [-0.4, -0.2) is 13.2 Å². The normalized spacial score (nSPS) is 13.7. The molecule has 0 aromatic heterocycles. The van der Waals surface area contributed by atoms with Crippen molar-refractivity contribution in [3.63, 3.8) is 0 Å². The van der Waals surface area contributed by atoms with Crippen LogP contribution in [0.5, 0.6) is 0 Å². The minimum Gasteiger partial charge on any atom is -0.382 e. The van der Waals surface area contributed by atoms with Crippen molar-refractivity contribution in [1.29, 1.82) is 0 Å². The van der Waals surface area contributed by atoms with Gasteiger partial charge in [0.25, 0.3) is 0 Å². The first-order valence-electron chi connectivity index (χ1n) is 3.84. The van der Waals surface area contributed by atoms with Gasteiger partial charge < -0.3 is 4.74 Å². The van der Waals surface area contributed by atoms with Gasteiger partial charge in [0.05, 0.1) is 6.10 Å². The van der Waals surface area contributed by atoms with Gasteiger partial charge >= 0.3 is 0 Å². The second kappa shape index (κ2) is 6.09. The van der Waals surface area contributed by atoms with E-state index in [9.17, 15) is 0 Å². The third-order valence-corrected chi connectivity index (χ3v) is 1.62. The first-order chi connectivity index (χ1) is 4.31. The van der Waals surface area contributed by atoms with E-state index in [1.807, 2.05) is 0 Å². The van der Waals surface area contributed by atoms with Crippen LogP contribution in [-0.2, 0) is 4.74 Å². The van der Waals surface area contributed by atoms with Crippen molar-refractivity contribution in [2.24, 2.45) is 0 Å². The Labute approximate surface area is 58.4 Å². The van der Waals surface area contributed by atoms with Crippen LogP contribution in [0.15, 0.2) is 0 Å². The maximum Gasteiger partial charge on any atom is 0.0543 e. The minimum absolute atomic E-state index is 0.455. The molecule has 0 aliphatic rings. The minimum atomic E-state index is 0.455. The fraction of sp³-hybridized carbons (Fsp3) is 1.00. The fourth-order valence-corrected chi connectivity index (χ4v) is 0.800. The Balaban J connectivity index is 2.88. The lowest BCUT2D eigenvalue weighted by atomic mass is 10.1. The van der Waals surface area contributed by atoms with E-state index in [2.05, 4.69) is 13.8 Å². The van der Waals surface area contributed by atoms with E-state index < -0.39 is 0 Å². The van der Waals surface area contributed by atoms with Crippen LogP contribution < -0.4 is 0 Å². The summed E-state index contributed by atoms with van der Waals surface area (Å²) in [5, 5.41) is 0. The molecule has 9 heavy (non-hydrogen) atoms. The molecule has 0 amide bonds. The number of hydrogen-bond acceptors (Lipinski definition) is 1. The molecular weight excluding hydrogens is 112 g/mol. The summed E-state index contributed by atoms with van der Waals surface area (Å²) >= 11 is 0. The molecule has 0 N–H and O–H groups in total. The van der Waals surface area contributed by atoms with Crippen molar-refractivity contribution < 1.29 is 4.74 Å². The quantitative estimate of drug-likeness (QED) is 0.520. The molecule has 0 saturated heterocycles. The second-order valence-corrected chi connectivity index (χ2v) is 2.54. The van der Waals surface area contributed by atoms with Crippen LogP contribution in [0.1, 0.15) is 39.5 Å². The van der Waals surface area contributed by atoms with Crippen LogP contribution in [0.3, 0.4) is 0 Å². The molecule has 0 radical (unpaired) electrons. The fourth-order valence-electron chi connectivity index (χ4n) is 0.800. The molecule has 0 fully saturated rings. The van der Waals surface area contributed by atoms with Crippen molar-refractivity contribution in [3.05, 3.63) is 0 Å². The number of rotatable bonds is 5. The number of unbranched alkanes of at least 4 members (excludes halogenated alkanes) is 2. The molecule has 0 unspecified atom stereocenters. The Morgan fingerprint density at radius 2 is 2.00 bits per heavy atom. The van der Waals surface area contributed by atoms with Gasteiger partial charge in [0, 0.05) is 7.11 Å². The van der Waals surface area contributed by atoms with Gasteiger partial charge in [0.2, 0.25) is 0 Å². The molecule has 0 saturated carbocycles. The second-order valence-electron chi connectivity index (χ2n) is 2.54. The highest BCUT2D eigenvalue weighted by molar-refractivity contribution is 4.48. The highest BCUT2D eigenvalue weighted by atomic mass is 16.5. The van der Waals surface area contributed by atoms with Crippen molar-refractivity contribution in [1.82, 2.24) is 0 Å². The highest BCUT2D eigenvalue weighted by Crippen LogP contribution is 2.04. The molecule has 0 aromatic rings. The van der Waals surface area contributed by atoms with Crippen LogP contribution in [0.25, 0.3) is 0 Å². The summed E-state index contributed by atoms with van der Waals surface area (Å²) < 4.78 is 5.10. The van der Waals surface area contributed by atoms with E-state index >= 15 is 0 Å². The van der Waals surface area contributed by atoms with Crippen molar-refractivity contribution in [2.45, 2.75) is 45.6 Å². The largest absolute Gasteiger partial charge is 0.382 e. The predicted octanol–water partition coefficient (Wildman–Crippen LogP) is 2.60. The van der Waals surface area contributed by atoms with Crippen LogP contribution >= 0.6 is 0 Å². The van der Waals surface area contributed by atoms with E-state index in [-0.39, 0.29) is 0 Å². The summed E-state index contributed by atoms with van der Waals surface area (Å²) in [6.45, 7) is 4.34. The lowest BCUT2D eigenvalue weighted by molar-refractivity contribution is 0.108. The molecule has 56 valence electrons. The lowest BCUT2D eigenvalue weighted by Gasteiger charge is -2.06. The summed E-state index contributed by atoms with van der Waals surface area (Å²) in [5.74, 6) is 0. The molecule has 0 spiro atoms. The van der Waals surface area contributed by atoms with Gasteiger partial charge in [-0.3, -0.25) is 0 Å². The third-order valence-electron chi connectivity index (χ3n) is 1.62. The summed E-state index contributed by atoms with van der Waals surface area (Å²) in [6, 6.07) is 0. The molecule has 1 heteroatoms. The Hall–Kier alpha value is -0.0400. The molecule has 0 rings (SSSR count). The van der Waals surface area contributed by atoms with E-state index in [4.69, 9.17) is 4.74 Å². The first kappa shape index (κ1) is 8.96. The van der Waals surface area contributed by atoms with Gasteiger partial charge in [-0.05, 0) is 13.3 Å². The molecular formula is C8H18O. The zero-order valence-corrected chi connectivity index (χ0v) is 6.81. The summed E-state index contributed by atoms with van der Waals surface area (Å²) in [5.41, 5.74) is 0. The van der Waals surface area contributed by atoms with Crippen molar-refractivity contribution in [2.75, 3.05) is 7.11 Å². The number of hydrogen-bond donors (Lipinski definition) is 0. The van der Waals surface area contributed by atoms with Crippen molar-refractivity contribution >= 4 is 0 Å². The lowest BCUT2D eigenvalue weighted by Crippen LogP contribution is -2.03. The standard InChI is InChI=1S/C8H18O/c1-4-5-6-7-8(2)9-3/h8H,4-7H2,1-3H3/t8-/m0/s1. The van der Waals surface area contributed by atoms with E-state index in [1.54, 1.807) is 7.11 Å². The molecule has 0 heterocycles. The van der Waals surface area contributed by atoms with Gasteiger partial charge in [-0.1, -0.05) is 26.2 Å². The smallest absolute Gasteiger partial charge is 0.0543 e. The molecule has 0 aliphatic carbocycles. The maximum atomic E-state index is 5.10. The summed E-state index contributed by atoms with van der Waals surface area (Å²) in [4.78, 5) is 0. The van der Waals surface area contributed by atoms with E-state index in [0.717, 1.165) is 0 Å². The Morgan fingerprint density at radius 3 is 2.44 bits per heavy atom. The monoisotopic (exact) mass is 130 g/mol. The molecule has 0 aliphatic heterocycles. The SMILES string of the molecule is CCCCC[C@H](C)OC. The number of methoxy groups -OCH3 is 1. The number of ether oxygens (including phenoxy) is 1. The summed E-state index contributed by atoms with van der Waals surface area (Å²) in [7, 11) is 1.77. The van der Waals surface area contributed by atoms with Gasteiger partial charge in [-0.15, -0.1) is 0 Å². The van der Waals surface area contributed by atoms with Crippen LogP contribution in [0, 0.1) is 0 Å². The summed E-state index contributed by atoms with van der Waals surface area (Å²) in [6.07, 6.45) is 5.62. The van der Waals surface area contributed by atoms with Gasteiger partial charge in [-0.2, -0.15) is 0 Å². The van der Waals surface area contributed by atoms with Crippen LogP contribution in [0.2, 0.25) is 0 Å². The van der Waals surface area contributed by atoms with Crippen molar-refractivity contribution in [3.8, 4) is 0 Å². The van der Waals surface area contributed by atoms with Gasteiger partial charge in [-0.25, -0.2) is 0 Å². The van der Waals surface area contributed by atoms with Gasteiger partial charge in [0.1, 0.15) is 0 Å².